The first-order chi connectivity index (χ1) is 13.2. The summed E-state index contributed by atoms with van der Waals surface area (Å²) in [6.45, 7) is 2.16. The maximum Gasteiger partial charge on any atom is 0.119 e. The van der Waals surface area contributed by atoms with E-state index in [1.54, 1.807) is 14.2 Å². The van der Waals surface area contributed by atoms with E-state index in [2.05, 4.69) is 60.8 Å². The second-order valence-corrected chi connectivity index (χ2v) is 6.67. The van der Waals surface area contributed by atoms with Gasteiger partial charge in [0.25, 0.3) is 0 Å². The number of ether oxygens (including phenoxy) is 2. The minimum absolute atomic E-state index is 0.854. The molecule has 0 aliphatic carbocycles. The van der Waals surface area contributed by atoms with E-state index in [4.69, 9.17) is 9.47 Å². The van der Waals surface area contributed by atoms with Crippen molar-refractivity contribution in [2.45, 2.75) is 6.92 Å². The van der Waals surface area contributed by atoms with Gasteiger partial charge in [0.1, 0.15) is 11.5 Å². The molecule has 4 rings (SSSR count). The van der Waals surface area contributed by atoms with Crippen molar-refractivity contribution in [2.75, 3.05) is 26.6 Å². The van der Waals surface area contributed by atoms with Crippen LogP contribution in [0, 0.1) is 6.92 Å². The predicted octanol–water partition coefficient (Wildman–Crippen LogP) is 6.03. The third-order valence-corrected chi connectivity index (χ3v) is 5.19. The average Bonchev–Trinajstić information content (AvgIpc) is 2.72. The molecular formula is C24H23NO2. The van der Waals surface area contributed by atoms with Crippen LogP contribution in [0.5, 0.6) is 11.5 Å². The van der Waals surface area contributed by atoms with Crippen LogP contribution in [0.4, 0.5) is 5.69 Å². The maximum atomic E-state index is 5.50. The minimum atomic E-state index is 0.854. The topological polar surface area (TPSA) is 30.5 Å². The smallest absolute Gasteiger partial charge is 0.119 e. The molecule has 0 radical (unpaired) electrons. The summed E-state index contributed by atoms with van der Waals surface area (Å²) in [6, 6.07) is 21.1. The molecule has 0 heterocycles. The van der Waals surface area contributed by atoms with Crippen LogP contribution in [0.25, 0.3) is 32.7 Å². The van der Waals surface area contributed by atoms with Crippen LogP contribution in [0.15, 0.2) is 60.7 Å². The molecule has 4 aromatic carbocycles. The van der Waals surface area contributed by atoms with E-state index in [0.29, 0.717) is 0 Å². The lowest BCUT2D eigenvalue weighted by Crippen LogP contribution is -1.96. The van der Waals surface area contributed by atoms with Crippen molar-refractivity contribution in [3.8, 4) is 22.6 Å². The van der Waals surface area contributed by atoms with Crippen molar-refractivity contribution in [3.63, 3.8) is 0 Å². The van der Waals surface area contributed by atoms with Gasteiger partial charge in [-0.1, -0.05) is 30.3 Å². The number of aryl methyl sites for hydroxylation is 1. The molecule has 0 spiro atoms. The zero-order valence-electron chi connectivity index (χ0n) is 16.1. The predicted molar refractivity (Wildman–Crippen MR) is 114 cm³/mol. The number of hydrogen-bond donors (Lipinski definition) is 1. The summed E-state index contributed by atoms with van der Waals surface area (Å²) in [7, 11) is 5.38. The molecule has 136 valence electrons. The third-order valence-electron chi connectivity index (χ3n) is 5.19. The molecule has 0 bridgehead atoms. The second-order valence-electron chi connectivity index (χ2n) is 6.67. The van der Waals surface area contributed by atoms with Crippen molar-refractivity contribution in [3.05, 3.63) is 66.2 Å². The number of benzene rings is 4. The Bertz CT molecular complexity index is 1140. The number of fused-ring (bicyclic) bond motifs is 2. The molecule has 0 aliphatic heterocycles. The molecule has 0 unspecified atom stereocenters. The van der Waals surface area contributed by atoms with Gasteiger partial charge in [-0.3, -0.25) is 0 Å². The van der Waals surface area contributed by atoms with Gasteiger partial charge in [-0.2, -0.15) is 0 Å². The number of methoxy groups -OCH3 is 2. The van der Waals surface area contributed by atoms with Crippen LogP contribution >= 0.6 is 0 Å². The van der Waals surface area contributed by atoms with Crippen molar-refractivity contribution in [2.24, 2.45) is 0 Å². The standard InChI is InChI=1S/C24H23NO2/c1-15-5-6-16-7-10-18(26-3)13-20(16)23(15)24-21-14-19(27-4)11-8-17(21)9-12-22(24)25-2/h5-14,25H,1-4H3. The average molecular weight is 357 g/mol. The highest BCUT2D eigenvalue weighted by atomic mass is 16.5. The van der Waals surface area contributed by atoms with Crippen molar-refractivity contribution in [1.29, 1.82) is 0 Å². The monoisotopic (exact) mass is 357 g/mol. The third kappa shape index (κ3) is 2.85. The molecule has 4 aromatic rings. The highest BCUT2D eigenvalue weighted by molar-refractivity contribution is 6.11. The van der Waals surface area contributed by atoms with Gasteiger partial charge in [0, 0.05) is 18.3 Å². The highest BCUT2D eigenvalue weighted by Crippen LogP contribution is 2.42. The Labute approximate surface area is 159 Å². The Hall–Kier alpha value is -3.20. The van der Waals surface area contributed by atoms with Gasteiger partial charge in [-0.05, 0) is 69.9 Å². The summed E-state index contributed by atoms with van der Waals surface area (Å²) >= 11 is 0. The van der Waals surface area contributed by atoms with E-state index in [1.165, 1.54) is 38.2 Å². The van der Waals surface area contributed by atoms with E-state index in [-0.39, 0.29) is 0 Å². The Morgan fingerprint density at radius 1 is 0.667 bits per heavy atom. The van der Waals surface area contributed by atoms with Crippen LogP contribution in [0.3, 0.4) is 0 Å². The lowest BCUT2D eigenvalue weighted by atomic mass is 9.89. The summed E-state index contributed by atoms with van der Waals surface area (Å²) < 4.78 is 11.0. The van der Waals surface area contributed by atoms with Crippen LogP contribution in [0.1, 0.15) is 5.56 Å². The number of rotatable bonds is 4. The summed E-state index contributed by atoms with van der Waals surface area (Å²) in [5, 5.41) is 8.10. The molecule has 3 heteroatoms. The molecule has 0 aliphatic rings. The van der Waals surface area contributed by atoms with Crippen LogP contribution in [-0.2, 0) is 0 Å². The van der Waals surface area contributed by atoms with Crippen LogP contribution in [-0.4, -0.2) is 21.3 Å². The molecule has 0 aromatic heterocycles. The van der Waals surface area contributed by atoms with Crippen molar-refractivity contribution < 1.29 is 9.47 Å². The van der Waals surface area contributed by atoms with E-state index < -0.39 is 0 Å². The Morgan fingerprint density at radius 3 is 1.74 bits per heavy atom. The summed E-state index contributed by atoms with van der Waals surface area (Å²) in [5.74, 6) is 1.71. The van der Waals surface area contributed by atoms with Gasteiger partial charge < -0.3 is 14.8 Å². The summed E-state index contributed by atoms with van der Waals surface area (Å²) in [6.07, 6.45) is 0. The zero-order chi connectivity index (χ0) is 19.0. The van der Waals surface area contributed by atoms with Gasteiger partial charge in [0.05, 0.1) is 14.2 Å². The van der Waals surface area contributed by atoms with Crippen molar-refractivity contribution in [1.82, 2.24) is 0 Å². The zero-order valence-corrected chi connectivity index (χ0v) is 16.1. The Kier molecular flexibility index (Phi) is 4.36. The lowest BCUT2D eigenvalue weighted by Gasteiger charge is -2.18. The first kappa shape index (κ1) is 17.2. The van der Waals surface area contributed by atoms with Gasteiger partial charge in [-0.15, -0.1) is 0 Å². The number of anilines is 1. The van der Waals surface area contributed by atoms with Gasteiger partial charge in [0.15, 0.2) is 0 Å². The fourth-order valence-corrected chi connectivity index (χ4v) is 3.77. The fourth-order valence-electron chi connectivity index (χ4n) is 3.77. The van der Waals surface area contributed by atoms with Crippen LogP contribution < -0.4 is 14.8 Å². The van der Waals surface area contributed by atoms with E-state index in [9.17, 15) is 0 Å². The van der Waals surface area contributed by atoms with E-state index >= 15 is 0 Å². The number of hydrogen-bond acceptors (Lipinski definition) is 3. The van der Waals surface area contributed by atoms with E-state index in [0.717, 1.165) is 17.2 Å². The quantitative estimate of drug-likeness (QED) is 0.484. The largest absolute Gasteiger partial charge is 0.497 e. The van der Waals surface area contributed by atoms with Crippen LogP contribution in [0.2, 0.25) is 0 Å². The first-order valence-corrected chi connectivity index (χ1v) is 9.02. The van der Waals surface area contributed by atoms with Gasteiger partial charge in [-0.25, -0.2) is 0 Å². The Balaban J connectivity index is 2.17. The molecule has 27 heavy (non-hydrogen) atoms. The SMILES string of the molecule is CNc1ccc2ccc(OC)cc2c1-c1c(C)ccc2ccc(OC)cc12. The normalized spacial score (nSPS) is 11.0. The summed E-state index contributed by atoms with van der Waals surface area (Å²) in [5.41, 5.74) is 4.72. The lowest BCUT2D eigenvalue weighted by molar-refractivity contribution is 0.415. The molecule has 0 saturated carbocycles. The molecule has 3 nitrogen and oxygen atoms in total. The molecule has 1 N–H and O–H groups in total. The molecular weight excluding hydrogens is 334 g/mol. The van der Waals surface area contributed by atoms with Gasteiger partial charge in [0.2, 0.25) is 0 Å². The van der Waals surface area contributed by atoms with Gasteiger partial charge >= 0.3 is 0 Å². The minimum Gasteiger partial charge on any atom is -0.497 e. The molecule has 0 fully saturated rings. The maximum absolute atomic E-state index is 5.50. The van der Waals surface area contributed by atoms with Crippen molar-refractivity contribution >= 4 is 27.2 Å². The second kappa shape index (κ2) is 6.84. The highest BCUT2D eigenvalue weighted by Gasteiger charge is 2.16. The van der Waals surface area contributed by atoms with E-state index in [1.807, 2.05) is 19.2 Å². The molecule has 0 atom stereocenters. The molecule has 0 saturated heterocycles. The number of nitrogens with one attached hydrogen (secondary N) is 1. The fraction of sp³-hybridized carbons (Fsp3) is 0.167. The Morgan fingerprint density at radius 2 is 1.19 bits per heavy atom. The summed E-state index contributed by atoms with van der Waals surface area (Å²) in [4.78, 5) is 0. The molecule has 0 amide bonds. The first-order valence-electron chi connectivity index (χ1n) is 9.02.